The second-order valence-corrected chi connectivity index (χ2v) is 3.38. The van der Waals surface area contributed by atoms with E-state index >= 15 is 0 Å². The summed E-state index contributed by atoms with van der Waals surface area (Å²) < 4.78 is 11.0. The highest BCUT2D eigenvalue weighted by Gasteiger charge is 2.42. The zero-order valence-electron chi connectivity index (χ0n) is 7.53. The van der Waals surface area contributed by atoms with Gasteiger partial charge in [-0.3, -0.25) is 0 Å². The van der Waals surface area contributed by atoms with Crippen molar-refractivity contribution in [2.75, 3.05) is 13.2 Å². The van der Waals surface area contributed by atoms with Crippen LogP contribution >= 0.6 is 0 Å². The predicted molar refractivity (Wildman–Crippen MR) is 47.1 cm³/mol. The maximum atomic E-state index is 10.8. The molecule has 2 rings (SSSR count). The van der Waals surface area contributed by atoms with Gasteiger partial charge in [-0.15, -0.1) is 0 Å². The summed E-state index contributed by atoms with van der Waals surface area (Å²) in [7, 11) is 0. The molecule has 1 aliphatic heterocycles. The molecular weight excluding hydrogens is 168 g/mol. The summed E-state index contributed by atoms with van der Waals surface area (Å²) in [6.45, 7) is 3.01. The van der Waals surface area contributed by atoms with Gasteiger partial charge >= 0.3 is 0 Å². The smallest absolute Gasteiger partial charge is 0.135 e. The molecule has 0 aromatic rings. The number of aldehydes is 1. The lowest BCUT2D eigenvalue weighted by Crippen LogP contribution is -2.46. The van der Waals surface area contributed by atoms with Crippen molar-refractivity contribution in [1.29, 1.82) is 0 Å². The molecule has 2 atom stereocenters. The highest BCUT2D eigenvalue weighted by Crippen LogP contribution is 2.36. The Morgan fingerprint density at radius 2 is 2.46 bits per heavy atom. The van der Waals surface area contributed by atoms with Crippen molar-refractivity contribution in [3.8, 4) is 0 Å². The van der Waals surface area contributed by atoms with Crippen molar-refractivity contribution in [2.24, 2.45) is 5.92 Å². The van der Waals surface area contributed by atoms with Crippen LogP contribution in [0.5, 0.6) is 0 Å². The minimum absolute atomic E-state index is 0.229. The number of ether oxygens (including phenoxy) is 2. The number of carbonyl (C=O) groups excluding carboxylic acids is 1. The van der Waals surface area contributed by atoms with Gasteiger partial charge in [0.15, 0.2) is 0 Å². The Labute approximate surface area is 77.0 Å². The fourth-order valence-corrected chi connectivity index (χ4v) is 1.72. The number of carbonyl (C=O) groups is 1. The molecule has 70 valence electrons. The van der Waals surface area contributed by atoms with Crippen LogP contribution in [0.2, 0.25) is 0 Å². The number of allylic oxidation sites excluding steroid dienone is 2. The first-order chi connectivity index (χ1) is 6.27. The molecule has 0 aromatic carbocycles. The van der Waals surface area contributed by atoms with Gasteiger partial charge in [-0.25, -0.2) is 0 Å². The van der Waals surface area contributed by atoms with Crippen molar-refractivity contribution in [2.45, 2.75) is 12.5 Å². The van der Waals surface area contributed by atoms with E-state index in [2.05, 4.69) is 0 Å². The maximum absolute atomic E-state index is 10.8. The van der Waals surface area contributed by atoms with Gasteiger partial charge in [0.05, 0.1) is 12.5 Å². The average Bonchev–Trinajstić information content (AvgIpc) is 2.16. The molecule has 3 nitrogen and oxygen atoms in total. The molecule has 0 spiro atoms. The molecule has 1 fully saturated rings. The lowest BCUT2D eigenvalue weighted by Gasteiger charge is -2.40. The first kappa shape index (κ1) is 8.51. The third-order valence-corrected chi connectivity index (χ3v) is 2.58. The quantitative estimate of drug-likeness (QED) is 0.566. The van der Waals surface area contributed by atoms with Crippen molar-refractivity contribution in [3.05, 3.63) is 24.0 Å². The normalized spacial score (nSPS) is 37.3. The molecule has 0 aromatic heterocycles. The molecule has 1 aliphatic carbocycles. The van der Waals surface area contributed by atoms with E-state index in [0.717, 1.165) is 12.0 Å². The number of rotatable bonds is 1. The van der Waals surface area contributed by atoms with E-state index in [1.807, 2.05) is 25.2 Å². The topological polar surface area (TPSA) is 35.5 Å². The molecule has 0 radical (unpaired) electrons. The fourth-order valence-electron chi connectivity index (χ4n) is 1.72. The van der Waals surface area contributed by atoms with Crippen LogP contribution in [0.3, 0.4) is 0 Å². The van der Waals surface area contributed by atoms with E-state index in [9.17, 15) is 4.79 Å². The average molecular weight is 180 g/mol. The molecule has 13 heavy (non-hydrogen) atoms. The number of hydrogen-bond donors (Lipinski definition) is 0. The molecular formula is C10H12O3. The van der Waals surface area contributed by atoms with Crippen LogP contribution in [0.25, 0.3) is 0 Å². The van der Waals surface area contributed by atoms with Crippen molar-refractivity contribution in [1.82, 2.24) is 0 Å². The van der Waals surface area contributed by atoms with Crippen LogP contribution in [0, 0.1) is 5.92 Å². The molecule has 0 bridgehead atoms. The van der Waals surface area contributed by atoms with Gasteiger partial charge in [0, 0.05) is 0 Å². The molecule has 0 amide bonds. The molecule has 1 heterocycles. The third-order valence-electron chi connectivity index (χ3n) is 2.58. The Balaban J connectivity index is 2.34. The molecule has 3 heteroatoms. The Kier molecular flexibility index (Phi) is 1.96. The van der Waals surface area contributed by atoms with Crippen LogP contribution < -0.4 is 0 Å². The van der Waals surface area contributed by atoms with Crippen LogP contribution in [0.1, 0.15) is 6.92 Å². The zero-order valence-corrected chi connectivity index (χ0v) is 7.53. The van der Waals surface area contributed by atoms with E-state index in [0.29, 0.717) is 13.2 Å². The second-order valence-electron chi connectivity index (χ2n) is 3.38. The van der Waals surface area contributed by atoms with Crippen molar-refractivity contribution < 1.29 is 14.3 Å². The van der Waals surface area contributed by atoms with Crippen LogP contribution in [0.4, 0.5) is 0 Å². The Bertz CT molecular complexity index is 280. The molecule has 2 aliphatic rings. The lowest BCUT2D eigenvalue weighted by molar-refractivity contribution is -0.138. The van der Waals surface area contributed by atoms with Crippen LogP contribution in [0.15, 0.2) is 24.0 Å². The van der Waals surface area contributed by atoms with Crippen LogP contribution in [-0.2, 0) is 14.3 Å². The monoisotopic (exact) mass is 180 g/mol. The summed E-state index contributed by atoms with van der Waals surface area (Å²) in [5, 5.41) is 0. The highest BCUT2D eigenvalue weighted by atomic mass is 16.6. The number of hydrogen-bond acceptors (Lipinski definition) is 3. The van der Waals surface area contributed by atoms with Gasteiger partial charge in [-0.05, 0) is 13.0 Å². The second kappa shape index (κ2) is 3.00. The van der Waals surface area contributed by atoms with Gasteiger partial charge in [-0.1, -0.05) is 12.2 Å². The predicted octanol–water partition coefficient (Wildman–Crippen LogP) is 1.06. The Hall–Kier alpha value is -1.09. The molecule has 0 N–H and O–H groups in total. The summed E-state index contributed by atoms with van der Waals surface area (Å²) in [6, 6.07) is 0. The van der Waals surface area contributed by atoms with Crippen molar-refractivity contribution in [3.63, 3.8) is 0 Å². The molecule has 1 saturated heterocycles. The Morgan fingerprint density at radius 1 is 1.62 bits per heavy atom. The summed E-state index contributed by atoms with van der Waals surface area (Å²) in [5.41, 5.74) is -0.575. The zero-order chi connectivity index (χ0) is 9.31. The van der Waals surface area contributed by atoms with Gasteiger partial charge in [0.1, 0.15) is 24.3 Å². The van der Waals surface area contributed by atoms with Gasteiger partial charge in [-0.2, -0.15) is 0 Å². The van der Waals surface area contributed by atoms with E-state index < -0.39 is 5.60 Å². The summed E-state index contributed by atoms with van der Waals surface area (Å²) in [5.74, 6) is 0.533. The van der Waals surface area contributed by atoms with E-state index in [-0.39, 0.29) is 5.92 Å². The minimum atomic E-state index is -0.575. The minimum Gasteiger partial charge on any atom is -0.492 e. The fraction of sp³-hybridized carbons (Fsp3) is 0.500. The summed E-state index contributed by atoms with van der Waals surface area (Å²) in [6.07, 6.45) is 6.44. The summed E-state index contributed by atoms with van der Waals surface area (Å²) in [4.78, 5) is 10.8. The van der Waals surface area contributed by atoms with Crippen molar-refractivity contribution >= 4 is 6.29 Å². The maximum Gasteiger partial charge on any atom is 0.135 e. The first-order valence-electron chi connectivity index (χ1n) is 4.38. The number of fused-ring (bicyclic) bond motifs is 1. The molecule has 2 unspecified atom stereocenters. The van der Waals surface area contributed by atoms with Gasteiger partial charge in [0.2, 0.25) is 0 Å². The van der Waals surface area contributed by atoms with Crippen LogP contribution in [-0.4, -0.2) is 25.1 Å². The van der Waals surface area contributed by atoms with E-state index in [4.69, 9.17) is 9.47 Å². The Morgan fingerprint density at radius 3 is 3.23 bits per heavy atom. The molecule has 0 saturated carbocycles. The highest BCUT2D eigenvalue weighted by molar-refractivity contribution is 5.61. The lowest BCUT2D eigenvalue weighted by atomic mass is 9.84. The van der Waals surface area contributed by atoms with E-state index in [1.165, 1.54) is 0 Å². The third kappa shape index (κ3) is 1.20. The summed E-state index contributed by atoms with van der Waals surface area (Å²) >= 11 is 0. The first-order valence-corrected chi connectivity index (χ1v) is 4.38. The van der Waals surface area contributed by atoms with E-state index in [1.54, 1.807) is 0 Å². The van der Waals surface area contributed by atoms with Gasteiger partial charge in [0.25, 0.3) is 0 Å². The largest absolute Gasteiger partial charge is 0.492 e. The van der Waals surface area contributed by atoms with Gasteiger partial charge < -0.3 is 14.3 Å². The SMILES string of the molecule is CC12OCCOC1=CC=CC2C=O. The standard InChI is InChI=1S/C10H12O3/c1-10-8(7-11)3-2-4-9(10)12-5-6-13-10/h2-4,7-8H,5-6H2,1H3.